The van der Waals surface area contributed by atoms with Crippen LogP contribution in [-0.4, -0.2) is 23.4 Å². The Morgan fingerprint density at radius 1 is 1.22 bits per heavy atom. The standard InChI is InChI=1S/C15H16N2O/c16-9-11-7-15(18)17(10-11)14-6-5-12-3-1-2-4-13(12)8-14/h1-4,11,14H,5-8,10H2. The van der Waals surface area contributed by atoms with Crippen molar-refractivity contribution < 1.29 is 4.79 Å². The van der Waals surface area contributed by atoms with Gasteiger partial charge in [-0.05, 0) is 30.4 Å². The Morgan fingerprint density at radius 2 is 2.00 bits per heavy atom. The van der Waals surface area contributed by atoms with Gasteiger partial charge in [-0.15, -0.1) is 0 Å². The van der Waals surface area contributed by atoms with Gasteiger partial charge >= 0.3 is 0 Å². The third-order valence-corrected chi connectivity index (χ3v) is 4.10. The Morgan fingerprint density at radius 3 is 2.72 bits per heavy atom. The van der Waals surface area contributed by atoms with Crippen molar-refractivity contribution in [3.05, 3.63) is 35.4 Å². The van der Waals surface area contributed by atoms with Gasteiger partial charge in [0.25, 0.3) is 0 Å². The van der Waals surface area contributed by atoms with Gasteiger partial charge in [-0.3, -0.25) is 4.79 Å². The summed E-state index contributed by atoms with van der Waals surface area (Å²) < 4.78 is 0. The van der Waals surface area contributed by atoms with Crippen molar-refractivity contribution in [2.45, 2.75) is 31.7 Å². The lowest BCUT2D eigenvalue weighted by atomic mass is 9.87. The molecule has 0 saturated carbocycles. The highest BCUT2D eigenvalue weighted by Gasteiger charge is 2.35. The minimum Gasteiger partial charge on any atom is -0.338 e. The van der Waals surface area contributed by atoms with Crippen LogP contribution >= 0.6 is 0 Å². The summed E-state index contributed by atoms with van der Waals surface area (Å²) in [5.41, 5.74) is 2.78. The van der Waals surface area contributed by atoms with Crippen LogP contribution in [0.3, 0.4) is 0 Å². The predicted molar refractivity (Wildman–Crippen MR) is 67.7 cm³/mol. The summed E-state index contributed by atoms with van der Waals surface area (Å²) in [6.07, 6.45) is 3.43. The van der Waals surface area contributed by atoms with Gasteiger partial charge in [0, 0.05) is 19.0 Å². The van der Waals surface area contributed by atoms with Crippen LogP contribution in [0, 0.1) is 17.2 Å². The molecule has 3 nitrogen and oxygen atoms in total. The molecule has 2 unspecified atom stereocenters. The number of nitrogens with zero attached hydrogens (tertiary/aromatic N) is 2. The van der Waals surface area contributed by atoms with Crippen LogP contribution < -0.4 is 0 Å². The van der Waals surface area contributed by atoms with Crippen LogP contribution in [0.15, 0.2) is 24.3 Å². The first-order valence-electron chi connectivity index (χ1n) is 6.54. The second kappa shape index (κ2) is 4.45. The molecule has 18 heavy (non-hydrogen) atoms. The molecule has 0 aromatic heterocycles. The third kappa shape index (κ3) is 1.88. The number of amides is 1. The lowest BCUT2D eigenvalue weighted by Gasteiger charge is -2.32. The summed E-state index contributed by atoms with van der Waals surface area (Å²) in [6, 6.07) is 11.0. The summed E-state index contributed by atoms with van der Waals surface area (Å²) >= 11 is 0. The predicted octanol–water partition coefficient (Wildman–Crippen LogP) is 1.92. The smallest absolute Gasteiger partial charge is 0.224 e. The zero-order valence-corrected chi connectivity index (χ0v) is 10.3. The van der Waals surface area contributed by atoms with E-state index in [1.807, 2.05) is 4.90 Å². The quantitative estimate of drug-likeness (QED) is 0.752. The molecule has 3 heteroatoms. The molecule has 2 aliphatic rings. The van der Waals surface area contributed by atoms with Crippen molar-refractivity contribution in [2.75, 3.05) is 6.54 Å². The van der Waals surface area contributed by atoms with E-state index in [2.05, 4.69) is 30.3 Å². The summed E-state index contributed by atoms with van der Waals surface area (Å²) in [4.78, 5) is 13.9. The Bertz CT molecular complexity index is 517. The largest absolute Gasteiger partial charge is 0.338 e. The first-order valence-corrected chi connectivity index (χ1v) is 6.54. The van der Waals surface area contributed by atoms with Crippen molar-refractivity contribution in [1.82, 2.24) is 4.90 Å². The molecule has 3 rings (SSSR count). The van der Waals surface area contributed by atoms with E-state index in [4.69, 9.17) is 5.26 Å². The fourth-order valence-corrected chi connectivity index (χ4v) is 3.12. The molecular weight excluding hydrogens is 224 g/mol. The number of carbonyl (C=O) groups excluding carboxylic acids is 1. The van der Waals surface area contributed by atoms with Crippen LogP contribution in [0.25, 0.3) is 0 Å². The molecular formula is C15H16N2O. The maximum atomic E-state index is 11.9. The monoisotopic (exact) mass is 240 g/mol. The number of likely N-dealkylation sites (tertiary alicyclic amines) is 1. The number of nitriles is 1. The molecule has 1 fully saturated rings. The van der Waals surface area contributed by atoms with Gasteiger partial charge < -0.3 is 4.90 Å². The van der Waals surface area contributed by atoms with Crippen molar-refractivity contribution in [3.63, 3.8) is 0 Å². The van der Waals surface area contributed by atoms with Crippen molar-refractivity contribution >= 4 is 5.91 Å². The van der Waals surface area contributed by atoms with Gasteiger partial charge in [-0.1, -0.05) is 24.3 Å². The number of aryl methyl sites for hydroxylation is 1. The molecule has 0 bridgehead atoms. The maximum absolute atomic E-state index is 11.9. The lowest BCUT2D eigenvalue weighted by Crippen LogP contribution is -2.40. The van der Waals surface area contributed by atoms with Gasteiger partial charge in [0.2, 0.25) is 5.91 Å². The summed E-state index contributed by atoms with van der Waals surface area (Å²) in [6.45, 7) is 0.627. The first-order chi connectivity index (χ1) is 8.78. The molecule has 1 saturated heterocycles. The molecule has 1 aromatic rings. The second-order valence-electron chi connectivity index (χ2n) is 5.24. The fraction of sp³-hybridized carbons (Fsp3) is 0.467. The minimum atomic E-state index is -0.102. The molecule has 1 amide bonds. The normalized spacial score (nSPS) is 26.8. The number of benzene rings is 1. The van der Waals surface area contributed by atoms with E-state index in [0.29, 0.717) is 19.0 Å². The number of fused-ring (bicyclic) bond motifs is 1. The van der Waals surface area contributed by atoms with Crippen molar-refractivity contribution in [3.8, 4) is 6.07 Å². The Kier molecular flexibility index (Phi) is 2.79. The molecule has 0 radical (unpaired) electrons. The molecule has 0 N–H and O–H groups in total. The van der Waals surface area contributed by atoms with E-state index in [0.717, 1.165) is 19.3 Å². The Hall–Kier alpha value is -1.82. The number of hydrogen-bond donors (Lipinski definition) is 0. The molecule has 1 aliphatic heterocycles. The minimum absolute atomic E-state index is 0.102. The van der Waals surface area contributed by atoms with E-state index in [1.54, 1.807) is 0 Å². The van der Waals surface area contributed by atoms with E-state index in [1.165, 1.54) is 11.1 Å². The number of rotatable bonds is 1. The fourth-order valence-electron chi connectivity index (χ4n) is 3.12. The average Bonchev–Trinajstić information content (AvgIpc) is 2.79. The molecule has 1 heterocycles. The number of carbonyl (C=O) groups is 1. The summed E-state index contributed by atoms with van der Waals surface area (Å²) in [7, 11) is 0. The van der Waals surface area contributed by atoms with E-state index < -0.39 is 0 Å². The van der Waals surface area contributed by atoms with Crippen LogP contribution in [-0.2, 0) is 17.6 Å². The van der Waals surface area contributed by atoms with E-state index in [9.17, 15) is 4.79 Å². The van der Waals surface area contributed by atoms with Crippen LogP contribution in [0.5, 0.6) is 0 Å². The zero-order chi connectivity index (χ0) is 12.5. The van der Waals surface area contributed by atoms with E-state index in [-0.39, 0.29) is 11.8 Å². The van der Waals surface area contributed by atoms with Gasteiger partial charge in [0.05, 0.1) is 12.0 Å². The van der Waals surface area contributed by atoms with Gasteiger partial charge in [-0.25, -0.2) is 0 Å². The van der Waals surface area contributed by atoms with Crippen LogP contribution in [0.4, 0.5) is 0 Å². The second-order valence-corrected chi connectivity index (χ2v) is 5.24. The van der Waals surface area contributed by atoms with Crippen LogP contribution in [0.2, 0.25) is 0 Å². The Labute approximate surface area is 107 Å². The molecule has 1 aromatic carbocycles. The maximum Gasteiger partial charge on any atom is 0.224 e. The van der Waals surface area contributed by atoms with Crippen molar-refractivity contribution in [1.29, 1.82) is 5.26 Å². The topological polar surface area (TPSA) is 44.1 Å². The first kappa shape index (κ1) is 11.3. The van der Waals surface area contributed by atoms with Gasteiger partial charge in [-0.2, -0.15) is 5.26 Å². The zero-order valence-electron chi connectivity index (χ0n) is 10.3. The highest BCUT2D eigenvalue weighted by molar-refractivity contribution is 5.79. The lowest BCUT2D eigenvalue weighted by molar-refractivity contribution is -0.129. The van der Waals surface area contributed by atoms with Gasteiger partial charge in [0.15, 0.2) is 0 Å². The summed E-state index contributed by atoms with van der Waals surface area (Å²) in [5, 5.41) is 8.93. The SMILES string of the molecule is N#CC1CC(=O)N(C2CCc3ccccc3C2)C1. The van der Waals surface area contributed by atoms with Gasteiger partial charge in [0.1, 0.15) is 0 Å². The molecule has 0 spiro atoms. The molecule has 2 atom stereocenters. The van der Waals surface area contributed by atoms with Crippen molar-refractivity contribution in [2.24, 2.45) is 5.92 Å². The third-order valence-electron chi connectivity index (χ3n) is 4.10. The highest BCUT2D eigenvalue weighted by atomic mass is 16.2. The summed E-state index contributed by atoms with van der Waals surface area (Å²) in [5.74, 6) is 0.0561. The highest BCUT2D eigenvalue weighted by Crippen LogP contribution is 2.28. The molecule has 1 aliphatic carbocycles. The Balaban J connectivity index is 1.77. The molecule has 92 valence electrons. The van der Waals surface area contributed by atoms with E-state index >= 15 is 0 Å². The van der Waals surface area contributed by atoms with Crippen LogP contribution in [0.1, 0.15) is 24.0 Å². The number of hydrogen-bond acceptors (Lipinski definition) is 2. The average molecular weight is 240 g/mol.